The van der Waals surface area contributed by atoms with Crippen molar-refractivity contribution in [2.45, 2.75) is 29.9 Å². The van der Waals surface area contributed by atoms with E-state index in [1.807, 2.05) is 19.1 Å². The van der Waals surface area contributed by atoms with Crippen LogP contribution < -0.4 is 5.73 Å². The number of hydrogen-bond acceptors (Lipinski definition) is 3. The van der Waals surface area contributed by atoms with Crippen LogP contribution in [0.4, 0.5) is 0 Å². The summed E-state index contributed by atoms with van der Waals surface area (Å²) in [5, 5.41) is 0. The lowest BCUT2D eigenvalue weighted by atomic mass is 10.0. The van der Waals surface area contributed by atoms with E-state index >= 15 is 0 Å². The second-order valence-corrected chi connectivity index (χ2v) is 7.20. The molecule has 1 unspecified atom stereocenters. The molecule has 1 atom stereocenters. The van der Waals surface area contributed by atoms with E-state index in [1.165, 1.54) is 0 Å². The summed E-state index contributed by atoms with van der Waals surface area (Å²) in [4.78, 5) is 0.394. The fraction of sp³-hybridized carbons (Fsp3) is 0.286. The first kappa shape index (κ1) is 12.9. The van der Waals surface area contributed by atoms with Gasteiger partial charge in [0, 0.05) is 5.70 Å². The Morgan fingerprint density at radius 1 is 1.28 bits per heavy atom. The molecule has 0 spiro atoms. The van der Waals surface area contributed by atoms with Crippen molar-refractivity contribution in [3.8, 4) is 0 Å². The quantitative estimate of drug-likeness (QED) is 0.891. The standard InChI is InChI=1S/C14H17NO2S/c1-11-5-3-4-6-13(11)18(16,17)14(2)9-7-12(15)8-10-14/h3-9H,10,15H2,1-2H3. The number of hydrogen-bond donors (Lipinski definition) is 1. The summed E-state index contributed by atoms with van der Waals surface area (Å²) in [6, 6.07) is 7.06. The van der Waals surface area contributed by atoms with E-state index in [9.17, 15) is 8.42 Å². The number of nitrogens with two attached hydrogens (primary N) is 1. The fourth-order valence-electron chi connectivity index (χ4n) is 2.04. The summed E-state index contributed by atoms with van der Waals surface area (Å²) in [7, 11) is -3.40. The van der Waals surface area contributed by atoms with E-state index in [2.05, 4.69) is 0 Å². The minimum Gasteiger partial charge on any atom is -0.399 e. The van der Waals surface area contributed by atoms with Crippen LogP contribution in [0.2, 0.25) is 0 Å². The minimum atomic E-state index is -3.40. The third-order valence-corrected chi connectivity index (χ3v) is 5.94. The summed E-state index contributed by atoms with van der Waals surface area (Å²) in [5.74, 6) is 0. The number of allylic oxidation sites excluding steroid dienone is 2. The molecule has 0 aliphatic heterocycles. The SMILES string of the molecule is Cc1ccccc1S(=O)(=O)C1(C)C=CC(N)=CC1. The molecule has 4 heteroatoms. The Balaban J connectivity index is 2.51. The lowest BCUT2D eigenvalue weighted by molar-refractivity contribution is 0.561. The molecule has 0 radical (unpaired) electrons. The van der Waals surface area contributed by atoms with E-state index in [0.29, 0.717) is 17.0 Å². The molecule has 2 N–H and O–H groups in total. The maximum atomic E-state index is 12.7. The first-order valence-electron chi connectivity index (χ1n) is 5.82. The van der Waals surface area contributed by atoms with E-state index in [0.717, 1.165) is 5.56 Å². The Morgan fingerprint density at radius 3 is 2.50 bits per heavy atom. The largest absolute Gasteiger partial charge is 0.399 e. The Kier molecular flexibility index (Phi) is 3.07. The molecule has 0 saturated carbocycles. The molecule has 0 aromatic heterocycles. The molecule has 0 saturated heterocycles. The predicted octanol–water partition coefficient (Wildman–Crippen LogP) is 2.33. The van der Waals surface area contributed by atoms with E-state index in [4.69, 9.17) is 5.73 Å². The summed E-state index contributed by atoms with van der Waals surface area (Å²) in [6.07, 6.45) is 5.52. The van der Waals surface area contributed by atoms with Crippen molar-refractivity contribution < 1.29 is 8.42 Å². The van der Waals surface area contributed by atoms with Gasteiger partial charge in [-0.05, 0) is 38.0 Å². The van der Waals surface area contributed by atoms with Gasteiger partial charge in [-0.2, -0.15) is 0 Å². The maximum Gasteiger partial charge on any atom is 0.187 e. The van der Waals surface area contributed by atoms with Gasteiger partial charge in [-0.25, -0.2) is 8.42 Å². The molecule has 0 fully saturated rings. The predicted molar refractivity (Wildman–Crippen MR) is 72.8 cm³/mol. The van der Waals surface area contributed by atoms with Crippen LogP contribution in [0.1, 0.15) is 18.9 Å². The number of aryl methyl sites for hydroxylation is 1. The highest BCUT2D eigenvalue weighted by molar-refractivity contribution is 7.93. The number of rotatable bonds is 2. The maximum absolute atomic E-state index is 12.7. The van der Waals surface area contributed by atoms with Crippen molar-refractivity contribution in [1.82, 2.24) is 0 Å². The zero-order valence-electron chi connectivity index (χ0n) is 10.6. The highest BCUT2D eigenvalue weighted by atomic mass is 32.2. The van der Waals surface area contributed by atoms with Crippen LogP contribution in [0.3, 0.4) is 0 Å². The smallest absolute Gasteiger partial charge is 0.187 e. The third kappa shape index (κ3) is 1.97. The van der Waals surface area contributed by atoms with Crippen molar-refractivity contribution in [3.05, 3.63) is 53.8 Å². The molecule has 1 aliphatic rings. The zero-order valence-corrected chi connectivity index (χ0v) is 11.4. The second kappa shape index (κ2) is 4.28. The molecule has 0 heterocycles. The second-order valence-electron chi connectivity index (χ2n) is 4.82. The molecule has 96 valence electrons. The average molecular weight is 263 g/mol. The normalized spacial score (nSPS) is 23.8. The van der Waals surface area contributed by atoms with Gasteiger partial charge in [0.05, 0.1) is 9.64 Å². The summed E-state index contributed by atoms with van der Waals surface area (Å²) in [6.45, 7) is 3.54. The molecule has 1 aromatic carbocycles. The monoisotopic (exact) mass is 263 g/mol. The van der Waals surface area contributed by atoms with Crippen LogP contribution in [0.5, 0.6) is 0 Å². The highest BCUT2D eigenvalue weighted by Gasteiger charge is 2.38. The van der Waals surface area contributed by atoms with Crippen molar-refractivity contribution in [1.29, 1.82) is 0 Å². The van der Waals surface area contributed by atoms with Gasteiger partial charge in [-0.1, -0.05) is 30.4 Å². The van der Waals surface area contributed by atoms with Crippen LogP contribution in [-0.2, 0) is 9.84 Å². The Labute approximate surface area is 108 Å². The summed E-state index contributed by atoms with van der Waals surface area (Å²) in [5.41, 5.74) is 7.04. The Hall–Kier alpha value is -1.55. The average Bonchev–Trinajstić information content (AvgIpc) is 2.33. The molecular formula is C14H17NO2S. The van der Waals surface area contributed by atoms with E-state index in [1.54, 1.807) is 37.3 Å². The van der Waals surface area contributed by atoms with Crippen LogP contribution >= 0.6 is 0 Å². The molecule has 1 aliphatic carbocycles. The van der Waals surface area contributed by atoms with Gasteiger partial charge < -0.3 is 5.73 Å². The molecule has 0 amide bonds. The first-order valence-corrected chi connectivity index (χ1v) is 7.30. The number of benzene rings is 1. The van der Waals surface area contributed by atoms with Crippen molar-refractivity contribution >= 4 is 9.84 Å². The van der Waals surface area contributed by atoms with Gasteiger partial charge in [-0.3, -0.25) is 0 Å². The summed E-state index contributed by atoms with van der Waals surface area (Å²) < 4.78 is 24.5. The van der Waals surface area contributed by atoms with Crippen molar-refractivity contribution in [3.63, 3.8) is 0 Å². The van der Waals surface area contributed by atoms with Crippen LogP contribution in [0.25, 0.3) is 0 Å². The molecule has 0 bridgehead atoms. The van der Waals surface area contributed by atoms with Crippen molar-refractivity contribution in [2.75, 3.05) is 0 Å². The zero-order chi connectivity index (χ0) is 13.4. The topological polar surface area (TPSA) is 60.2 Å². The van der Waals surface area contributed by atoms with Crippen molar-refractivity contribution in [2.24, 2.45) is 5.73 Å². The van der Waals surface area contributed by atoms with Gasteiger partial charge >= 0.3 is 0 Å². The van der Waals surface area contributed by atoms with E-state index in [-0.39, 0.29) is 0 Å². The molecule has 1 aromatic rings. The van der Waals surface area contributed by atoms with Gasteiger partial charge in [0.2, 0.25) is 0 Å². The van der Waals surface area contributed by atoms with Crippen LogP contribution in [0, 0.1) is 6.92 Å². The van der Waals surface area contributed by atoms with Gasteiger partial charge in [0.15, 0.2) is 9.84 Å². The highest BCUT2D eigenvalue weighted by Crippen LogP contribution is 2.34. The van der Waals surface area contributed by atoms with Crippen LogP contribution in [0.15, 0.2) is 53.1 Å². The molecule has 18 heavy (non-hydrogen) atoms. The third-order valence-electron chi connectivity index (χ3n) is 3.37. The molecular weight excluding hydrogens is 246 g/mol. The lowest BCUT2D eigenvalue weighted by Crippen LogP contribution is -2.35. The minimum absolute atomic E-state index is 0.394. The summed E-state index contributed by atoms with van der Waals surface area (Å²) >= 11 is 0. The van der Waals surface area contributed by atoms with Gasteiger partial charge in [0.1, 0.15) is 0 Å². The first-order chi connectivity index (χ1) is 8.37. The Morgan fingerprint density at radius 2 is 1.94 bits per heavy atom. The lowest BCUT2D eigenvalue weighted by Gasteiger charge is -2.28. The fourth-order valence-corrected chi connectivity index (χ4v) is 3.84. The molecule has 3 nitrogen and oxygen atoms in total. The van der Waals surface area contributed by atoms with E-state index < -0.39 is 14.6 Å². The van der Waals surface area contributed by atoms with Gasteiger partial charge in [-0.15, -0.1) is 0 Å². The Bertz CT molecular complexity index is 629. The van der Waals surface area contributed by atoms with Gasteiger partial charge in [0.25, 0.3) is 0 Å². The molecule has 2 rings (SSSR count). The number of sulfone groups is 1. The van der Waals surface area contributed by atoms with Crippen LogP contribution in [-0.4, -0.2) is 13.2 Å².